The molecule has 10 heteroatoms. The number of rotatable bonds is 7. The first-order valence-electron chi connectivity index (χ1n) is 11.3. The molecule has 9 nitrogen and oxygen atoms in total. The lowest BCUT2D eigenvalue weighted by Crippen LogP contribution is -2.40. The second-order valence-electron chi connectivity index (χ2n) is 8.47. The van der Waals surface area contributed by atoms with Gasteiger partial charge in [-0.2, -0.15) is 0 Å². The Morgan fingerprint density at radius 2 is 1.79 bits per heavy atom. The Kier molecular flexibility index (Phi) is 6.60. The van der Waals surface area contributed by atoms with E-state index in [1.165, 1.54) is 29.8 Å². The van der Waals surface area contributed by atoms with Gasteiger partial charge in [-0.1, -0.05) is 19.1 Å². The van der Waals surface area contributed by atoms with Crippen LogP contribution in [0.1, 0.15) is 31.7 Å². The number of sulfonamides is 1. The number of benzene rings is 2. The normalized spacial score (nSPS) is 14.0. The average molecular weight is 485 g/mol. The molecule has 1 aliphatic heterocycles. The summed E-state index contributed by atoms with van der Waals surface area (Å²) in [5.41, 5.74) is 0.580. The zero-order chi connectivity index (χ0) is 24.5. The maximum atomic E-state index is 13.2. The van der Waals surface area contributed by atoms with Crippen molar-refractivity contribution in [2.45, 2.75) is 44.0 Å². The van der Waals surface area contributed by atoms with Gasteiger partial charge in [-0.15, -0.1) is 0 Å². The number of anilines is 1. The van der Waals surface area contributed by atoms with Crippen molar-refractivity contribution in [2.24, 2.45) is 7.05 Å². The van der Waals surface area contributed by atoms with E-state index in [0.29, 0.717) is 24.3 Å². The fraction of sp³-hybridized carbons (Fsp3) is 0.375. The summed E-state index contributed by atoms with van der Waals surface area (Å²) in [7, 11) is -2.45. The van der Waals surface area contributed by atoms with Crippen molar-refractivity contribution in [3.8, 4) is 0 Å². The Labute approximate surface area is 197 Å². The first kappa shape index (κ1) is 23.7. The molecule has 1 saturated heterocycles. The van der Waals surface area contributed by atoms with Gasteiger partial charge in [0.05, 0.1) is 15.8 Å². The van der Waals surface area contributed by atoms with E-state index in [1.54, 1.807) is 23.1 Å². The summed E-state index contributed by atoms with van der Waals surface area (Å²) in [6.07, 6.45) is 2.71. The van der Waals surface area contributed by atoms with Gasteiger partial charge >= 0.3 is 5.69 Å². The standard InChI is InChI=1S/C24H28N4O5S/c1-3-17-7-6-8-18(15-17)25-34(32,33)19-9-10-21-20(16-19)23(30)28(24(31)26(21)2)14-11-22(29)27-12-4-5-13-27/h6-10,15-16,25H,3-5,11-14H2,1-2H3. The Morgan fingerprint density at radius 1 is 1.06 bits per heavy atom. The van der Waals surface area contributed by atoms with Crippen molar-refractivity contribution in [2.75, 3.05) is 17.8 Å². The number of nitrogens with one attached hydrogen (secondary N) is 1. The van der Waals surface area contributed by atoms with E-state index < -0.39 is 21.3 Å². The monoisotopic (exact) mass is 484 g/mol. The number of amides is 1. The van der Waals surface area contributed by atoms with Crippen molar-refractivity contribution in [3.63, 3.8) is 0 Å². The molecule has 2 aromatic carbocycles. The number of hydrogen-bond donors (Lipinski definition) is 1. The van der Waals surface area contributed by atoms with E-state index in [-0.39, 0.29) is 29.2 Å². The third kappa shape index (κ3) is 4.63. The van der Waals surface area contributed by atoms with Gasteiger partial charge in [0.15, 0.2) is 0 Å². The maximum Gasteiger partial charge on any atom is 0.331 e. The summed E-state index contributed by atoms with van der Waals surface area (Å²) >= 11 is 0. The molecule has 34 heavy (non-hydrogen) atoms. The summed E-state index contributed by atoms with van der Waals surface area (Å²) in [6, 6.07) is 11.2. The summed E-state index contributed by atoms with van der Waals surface area (Å²) < 4.78 is 30.9. The molecular weight excluding hydrogens is 456 g/mol. The molecular formula is C24H28N4O5S. The van der Waals surface area contributed by atoms with E-state index in [1.807, 2.05) is 13.0 Å². The van der Waals surface area contributed by atoms with Crippen molar-refractivity contribution in [1.82, 2.24) is 14.0 Å². The van der Waals surface area contributed by atoms with Crippen LogP contribution in [0.15, 0.2) is 56.9 Å². The number of nitrogens with zero attached hydrogens (tertiary/aromatic N) is 3. The predicted octanol–water partition coefficient (Wildman–Crippen LogP) is 2.08. The number of hydrogen-bond acceptors (Lipinski definition) is 5. The second-order valence-corrected chi connectivity index (χ2v) is 10.2. The van der Waals surface area contributed by atoms with Crippen LogP contribution < -0.4 is 16.0 Å². The number of carbonyl (C=O) groups excluding carboxylic acids is 1. The highest BCUT2D eigenvalue weighted by Crippen LogP contribution is 2.20. The molecule has 3 aromatic rings. The van der Waals surface area contributed by atoms with Gasteiger partial charge in [0.2, 0.25) is 5.91 Å². The number of aromatic nitrogens is 2. The Balaban J connectivity index is 1.68. The molecule has 0 atom stereocenters. The summed E-state index contributed by atoms with van der Waals surface area (Å²) in [5, 5.41) is 0.0981. The molecule has 0 radical (unpaired) electrons. The Hall–Kier alpha value is -3.40. The largest absolute Gasteiger partial charge is 0.343 e. The first-order valence-corrected chi connectivity index (χ1v) is 12.8. The van der Waals surface area contributed by atoms with Gasteiger partial charge in [-0.25, -0.2) is 13.2 Å². The molecule has 1 aliphatic rings. The SMILES string of the molecule is CCc1cccc(NS(=O)(=O)c2ccc3c(c2)c(=O)n(CCC(=O)N2CCCC2)c(=O)n3C)c1. The second kappa shape index (κ2) is 9.46. The van der Waals surface area contributed by atoms with E-state index in [0.717, 1.165) is 29.4 Å². The van der Waals surface area contributed by atoms with Crippen LogP contribution in [0.3, 0.4) is 0 Å². The highest BCUT2D eigenvalue weighted by molar-refractivity contribution is 7.92. The molecule has 1 fully saturated rings. The lowest BCUT2D eigenvalue weighted by molar-refractivity contribution is -0.130. The van der Waals surface area contributed by atoms with Gasteiger partial charge < -0.3 is 4.90 Å². The number of fused-ring (bicyclic) bond motifs is 1. The van der Waals surface area contributed by atoms with Crippen LogP contribution >= 0.6 is 0 Å². The molecule has 1 N–H and O–H groups in total. The molecule has 2 heterocycles. The van der Waals surface area contributed by atoms with Crippen LogP contribution in [0.2, 0.25) is 0 Å². The molecule has 0 saturated carbocycles. The van der Waals surface area contributed by atoms with Crippen molar-refractivity contribution >= 4 is 32.5 Å². The highest BCUT2D eigenvalue weighted by atomic mass is 32.2. The fourth-order valence-electron chi connectivity index (χ4n) is 4.26. The number of aryl methyl sites for hydroxylation is 2. The van der Waals surface area contributed by atoms with Crippen molar-refractivity contribution in [1.29, 1.82) is 0 Å². The third-order valence-corrected chi connectivity index (χ3v) is 7.61. The van der Waals surface area contributed by atoms with Crippen LogP contribution in [0.4, 0.5) is 5.69 Å². The molecule has 0 unspecified atom stereocenters. The minimum atomic E-state index is -3.97. The minimum Gasteiger partial charge on any atom is -0.343 e. The summed E-state index contributed by atoms with van der Waals surface area (Å²) in [6.45, 7) is 3.30. The quantitative estimate of drug-likeness (QED) is 0.552. The molecule has 4 rings (SSSR count). The first-order chi connectivity index (χ1) is 16.2. The highest BCUT2D eigenvalue weighted by Gasteiger charge is 2.21. The molecule has 0 aliphatic carbocycles. The van der Waals surface area contributed by atoms with Crippen LogP contribution in [0.25, 0.3) is 10.9 Å². The molecule has 0 spiro atoms. The zero-order valence-electron chi connectivity index (χ0n) is 19.3. The topological polar surface area (TPSA) is 110 Å². The maximum absolute atomic E-state index is 13.2. The summed E-state index contributed by atoms with van der Waals surface area (Å²) in [5.74, 6) is -0.0959. The van der Waals surface area contributed by atoms with Crippen molar-refractivity contribution in [3.05, 3.63) is 68.9 Å². The Bertz CT molecular complexity index is 1470. The zero-order valence-corrected chi connectivity index (χ0v) is 20.1. The Morgan fingerprint density at radius 3 is 2.50 bits per heavy atom. The van der Waals surface area contributed by atoms with Crippen LogP contribution in [0.5, 0.6) is 0 Å². The van der Waals surface area contributed by atoms with Gasteiger partial charge in [-0.05, 0) is 55.2 Å². The van der Waals surface area contributed by atoms with Gasteiger partial charge in [-0.3, -0.25) is 23.4 Å². The van der Waals surface area contributed by atoms with E-state index in [9.17, 15) is 22.8 Å². The molecule has 180 valence electrons. The van der Waals surface area contributed by atoms with Gasteiger partial charge in [0.25, 0.3) is 15.6 Å². The summed E-state index contributed by atoms with van der Waals surface area (Å²) in [4.78, 5) is 40.0. The molecule has 1 aromatic heterocycles. The van der Waals surface area contributed by atoms with E-state index in [2.05, 4.69) is 4.72 Å². The number of carbonyl (C=O) groups is 1. The van der Waals surface area contributed by atoms with Crippen LogP contribution in [-0.4, -0.2) is 41.4 Å². The van der Waals surface area contributed by atoms with Crippen LogP contribution in [-0.2, 0) is 34.8 Å². The van der Waals surface area contributed by atoms with Crippen LogP contribution in [0, 0.1) is 0 Å². The number of likely N-dealkylation sites (tertiary alicyclic amines) is 1. The van der Waals surface area contributed by atoms with E-state index in [4.69, 9.17) is 0 Å². The minimum absolute atomic E-state index is 0.0357. The van der Waals surface area contributed by atoms with E-state index >= 15 is 0 Å². The average Bonchev–Trinajstić information content (AvgIpc) is 3.37. The predicted molar refractivity (Wildman–Crippen MR) is 131 cm³/mol. The molecule has 0 bridgehead atoms. The smallest absolute Gasteiger partial charge is 0.331 e. The lowest BCUT2D eigenvalue weighted by atomic mass is 10.1. The van der Waals surface area contributed by atoms with Gasteiger partial charge in [0.1, 0.15) is 0 Å². The van der Waals surface area contributed by atoms with Crippen molar-refractivity contribution < 1.29 is 13.2 Å². The third-order valence-electron chi connectivity index (χ3n) is 6.23. The lowest BCUT2D eigenvalue weighted by Gasteiger charge is -2.16. The fourth-order valence-corrected chi connectivity index (χ4v) is 5.34. The molecule has 1 amide bonds. The van der Waals surface area contributed by atoms with Gasteiger partial charge in [0, 0.05) is 38.8 Å².